The summed E-state index contributed by atoms with van der Waals surface area (Å²) >= 11 is 1.69. The van der Waals surface area contributed by atoms with Gasteiger partial charge in [-0.1, -0.05) is 18.2 Å². The lowest BCUT2D eigenvalue weighted by molar-refractivity contribution is -0.140. The molecule has 3 aliphatic rings. The summed E-state index contributed by atoms with van der Waals surface area (Å²) in [6, 6.07) is 4.08. The summed E-state index contributed by atoms with van der Waals surface area (Å²) in [4.78, 5) is 32.1. The number of amides is 2. The maximum atomic E-state index is 12.6. The second kappa shape index (κ2) is 6.63. The molecule has 2 heterocycles. The van der Waals surface area contributed by atoms with Crippen LogP contribution in [0.2, 0.25) is 0 Å². The smallest absolute Gasteiger partial charge is 0.233 e. The van der Waals surface area contributed by atoms with E-state index in [1.54, 1.807) is 18.4 Å². The van der Waals surface area contributed by atoms with Gasteiger partial charge in [-0.05, 0) is 29.7 Å². The van der Waals surface area contributed by atoms with Crippen molar-refractivity contribution in [1.82, 2.24) is 15.5 Å². The number of carbonyl (C=O) groups is 2. The molecule has 4 unspecified atom stereocenters. The summed E-state index contributed by atoms with van der Waals surface area (Å²) in [5.74, 6) is 1.01. The van der Waals surface area contributed by atoms with E-state index >= 15 is 0 Å². The lowest BCUT2D eigenvalue weighted by atomic mass is 9.85. The van der Waals surface area contributed by atoms with Crippen molar-refractivity contribution in [3.63, 3.8) is 0 Å². The fourth-order valence-corrected chi connectivity index (χ4v) is 4.92. The molecule has 2 N–H and O–H groups in total. The number of nitrogens with one attached hydrogen (secondary N) is 2. The fourth-order valence-electron chi connectivity index (χ4n) is 4.28. The van der Waals surface area contributed by atoms with Crippen molar-refractivity contribution in [2.45, 2.75) is 13.0 Å². The van der Waals surface area contributed by atoms with Crippen LogP contribution in [-0.2, 0) is 16.1 Å². The van der Waals surface area contributed by atoms with Crippen molar-refractivity contribution in [3.05, 3.63) is 34.5 Å². The normalized spacial score (nSPS) is 30.3. The Morgan fingerprint density at radius 3 is 2.56 bits per heavy atom. The van der Waals surface area contributed by atoms with Crippen LogP contribution in [0.3, 0.4) is 0 Å². The van der Waals surface area contributed by atoms with E-state index < -0.39 is 0 Å². The molecule has 0 radical (unpaired) electrons. The zero-order chi connectivity index (χ0) is 17.4. The molecule has 6 nitrogen and oxygen atoms in total. The third kappa shape index (κ3) is 2.86. The summed E-state index contributed by atoms with van der Waals surface area (Å²) in [5, 5.41) is 8.46. The molecule has 132 valence electrons. The maximum absolute atomic E-state index is 12.6. The second-order valence-corrected chi connectivity index (χ2v) is 7.79. The average molecular weight is 358 g/mol. The minimum atomic E-state index is -0.112. The lowest BCUT2D eigenvalue weighted by Gasteiger charge is -2.18. The third-order valence-corrected chi connectivity index (χ3v) is 6.30. The predicted octanol–water partition coefficient (Wildman–Crippen LogP) is 1.22. The van der Waals surface area contributed by atoms with Gasteiger partial charge in [0.05, 0.1) is 18.4 Å². The summed E-state index contributed by atoms with van der Waals surface area (Å²) in [5.41, 5.74) is 0. The van der Waals surface area contributed by atoms with Crippen LogP contribution in [0.15, 0.2) is 34.7 Å². The Morgan fingerprint density at radius 2 is 1.96 bits per heavy atom. The molecule has 0 aromatic carbocycles. The molecule has 2 fully saturated rings. The Kier molecular flexibility index (Phi) is 4.33. The van der Waals surface area contributed by atoms with E-state index in [4.69, 9.17) is 0 Å². The molecule has 2 aliphatic carbocycles. The SMILES string of the molecule is CN=C(NCCN1C(=O)C2C3C=CC(C3)C2C1=O)NCc1cccs1. The number of hydrogen-bond acceptors (Lipinski definition) is 4. The fraction of sp³-hybridized carbons (Fsp3) is 0.500. The van der Waals surface area contributed by atoms with Crippen LogP contribution in [0.1, 0.15) is 11.3 Å². The van der Waals surface area contributed by atoms with Gasteiger partial charge in [0, 0.05) is 25.0 Å². The molecule has 25 heavy (non-hydrogen) atoms. The quantitative estimate of drug-likeness (QED) is 0.359. The van der Waals surface area contributed by atoms with Gasteiger partial charge >= 0.3 is 0 Å². The maximum Gasteiger partial charge on any atom is 0.233 e. The Morgan fingerprint density at radius 1 is 1.24 bits per heavy atom. The van der Waals surface area contributed by atoms with Gasteiger partial charge in [0.15, 0.2) is 5.96 Å². The van der Waals surface area contributed by atoms with Crippen LogP contribution in [0.5, 0.6) is 0 Å². The minimum Gasteiger partial charge on any atom is -0.355 e. The Hall–Kier alpha value is -2.15. The van der Waals surface area contributed by atoms with Crippen LogP contribution in [-0.4, -0.2) is 42.8 Å². The van der Waals surface area contributed by atoms with Crippen LogP contribution in [0.4, 0.5) is 0 Å². The van der Waals surface area contributed by atoms with Crippen LogP contribution in [0, 0.1) is 23.7 Å². The van der Waals surface area contributed by atoms with Crippen molar-refractivity contribution in [1.29, 1.82) is 0 Å². The van der Waals surface area contributed by atoms with Gasteiger partial charge in [0.25, 0.3) is 0 Å². The molecule has 1 saturated carbocycles. The van der Waals surface area contributed by atoms with Crippen molar-refractivity contribution in [2.24, 2.45) is 28.7 Å². The number of allylic oxidation sites excluding steroid dienone is 2. The molecule has 0 spiro atoms. The highest BCUT2D eigenvalue weighted by molar-refractivity contribution is 7.09. The van der Waals surface area contributed by atoms with E-state index in [-0.39, 0.29) is 35.5 Å². The van der Waals surface area contributed by atoms with E-state index in [1.165, 1.54) is 9.78 Å². The third-order valence-electron chi connectivity index (χ3n) is 5.42. The Balaban J connectivity index is 1.28. The number of guanidine groups is 1. The average Bonchev–Trinajstić information content (AvgIpc) is 3.38. The molecule has 2 amide bonds. The Bertz CT molecular complexity index is 697. The summed E-state index contributed by atoms with van der Waals surface area (Å²) in [6.45, 7) is 1.60. The number of nitrogens with zero attached hydrogens (tertiary/aromatic N) is 2. The first-order valence-electron chi connectivity index (χ1n) is 8.69. The lowest BCUT2D eigenvalue weighted by Crippen LogP contribution is -2.43. The molecule has 1 saturated heterocycles. The van der Waals surface area contributed by atoms with Gasteiger partial charge in [-0.2, -0.15) is 0 Å². The van der Waals surface area contributed by atoms with Crippen molar-refractivity contribution in [2.75, 3.05) is 20.1 Å². The summed E-state index contributed by atoms with van der Waals surface area (Å²) in [6.07, 6.45) is 5.21. The zero-order valence-electron chi connectivity index (χ0n) is 14.1. The number of thiophene rings is 1. The number of aliphatic imine (C=N–C) groups is 1. The number of carbonyl (C=O) groups excluding carboxylic acids is 2. The van der Waals surface area contributed by atoms with Gasteiger partial charge in [0.1, 0.15) is 0 Å². The second-order valence-electron chi connectivity index (χ2n) is 6.76. The van der Waals surface area contributed by atoms with E-state index in [9.17, 15) is 9.59 Å². The molecule has 1 aromatic rings. The number of rotatable bonds is 5. The van der Waals surface area contributed by atoms with E-state index in [2.05, 4.69) is 33.8 Å². The van der Waals surface area contributed by atoms with Crippen LogP contribution >= 0.6 is 11.3 Å². The molecule has 2 bridgehead atoms. The highest BCUT2D eigenvalue weighted by Gasteiger charge is 2.58. The van der Waals surface area contributed by atoms with Gasteiger partial charge in [-0.3, -0.25) is 19.5 Å². The molecule has 1 aromatic heterocycles. The van der Waals surface area contributed by atoms with Gasteiger partial charge in [-0.15, -0.1) is 11.3 Å². The van der Waals surface area contributed by atoms with Crippen LogP contribution < -0.4 is 10.6 Å². The predicted molar refractivity (Wildman–Crippen MR) is 97.0 cm³/mol. The van der Waals surface area contributed by atoms with E-state index in [0.717, 1.165) is 6.42 Å². The monoisotopic (exact) mass is 358 g/mol. The standard InChI is InChI=1S/C18H22N4O2S/c1-19-18(21-10-13-3-2-8-25-13)20-6-7-22-16(23)14-11-4-5-12(9-11)15(14)17(22)24/h2-5,8,11-12,14-15H,6-7,9-10H2,1H3,(H2,19,20,21). The van der Waals surface area contributed by atoms with Crippen molar-refractivity contribution >= 4 is 29.1 Å². The van der Waals surface area contributed by atoms with E-state index in [1.807, 2.05) is 11.4 Å². The number of likely N-dealkylation sites (tertiary alicyclic amines) is 1. The van der Waals surface area contributed by atoms with E-state index in [0.29, 0.717) is 25.6 Å². The van der Waals surface area contributed by atoms with Gasteiger partial charge in [0.2, 0.25) is 11.8 Å². The molecule has 4 rings (SSSR count). The number of fused-ring (bicyclic) bond motifs is 5. The molecular weight excluding hydrogens is 336 g/mol. The van der Waals surface area contributed by atoms with Crippen molar-refractivity contribution < 1.29 is 9.59 Å². The first kappa shape index (κ1) is 16.3. The summed E-state index contributed by atoms with van der Waals surface area (Å²) in [7, 11) is 1.71. The molecule has 4 atom stereocenters. The van der Waals surface area contributed by atoms with Crippen molar-refractivity contribution in [3.8, 4) is 0 Å². The number of imide groups is 1. The molecule has 1 aliphatic heterocycles. The van der Waals surface area contributed by atoms with Gasteiger partial charge < -0.3 is 10.6 Å². The molecular formula is C18H22N4O2S. The number of hydrogen-bond donors (Lipinski definition) is 2. The highest BCUT2D eigenvalue weighted by atomic mass is 32.1. The minimum absolute atomic E-state index is 0.00943. The van der Waals surface area contributed by atoms with Crippen LogP contribution in [0.25, 0.3) is 0 Å². The topological polar surface area (TPSA) is 73.8 Å². The highest BCUT2D eigenvalue weighted by Crippen LogP contribution is 2.52. The first-order valence-corrected chi connectivity index (χ1v) is 9.57. The first-order chi connectivity index (χ1) is 12.2. The molecule has 7 heteroatoms. The largest absolute Gasteiger partial charge is 0.355 e. The van der Waals surface area contributed by atoms with Gasteiger partial charge in [-0.25, -0.2) is 0 Å². The summed E-state index contributed by atoms with van der Waals surface area (Å²) < 4.78 is 0. The zero-order valence-corrected chi connectivity index (χ0v) is 15.0. The Labute approximate surface area is 151 Å².